The second kappa shape index (κ2) is 7.24. The number of esters is 1. The van der Waals surface area contributed by atoms with E-state index in [9.17, 15) is 9.90 Å². The van der Waals surface area contributed by atoms with Gasteiger partial charge in [0.05, 0.1) is 20.1 Å². The Morgan fingerprint density at radius 1 is 1.24 bits per heavy atom. The van der Waals surface area contributed by atoms with Gasteiger partial charge in [0, 0.05) is 10.0 Å². The van der Waals surface area contributed by atoms with Gasteiger partial charge in [0.1, 0.15) is 11.5 Å². The van der Waals surface area contributed by atoms with Gasteiger partial charge in [0.15, 0.2) is 0 Å². The highest BCUT2D eigenvalue weighted by Gasteiger charge is 2.07. The van der Waals surface area contributed by atoms with Gasteiger partial charge >= 0.3 is 5.97 Å². The highest BCUT2D eigenvalue weighted by Crippen LogP contribution is 2.28. The maximum absolute atomic E-state index is 11.3. The first-order valence-electron chi connectivity index (χ1n) is 6.35. The quantitative estimate of drug-likeness (QED) is 0.839. The number of carbonyl (C=O) groups is 1. The van der Waals surface area contributed by atoms with Gasteiger partial charge in [-0.1, -0.05) is 28.1 Å². The molecule has 0 aromatic heterocycles. The van der Waals surface area contributed by atoms with E-state index in [1.165, 1.54) is 7.11 Å². The smallest absolute Gasteiger partial charge is 0.309 e. The lowest BCUT2D eigenvalue weighted by atomic mass is 10.1. The van der Waals surface area contributed by atoms with E-state index in [4.69, 9.17) is 4.74 Å². The SMILES string of the molecule is COC(=O)Cc1cccc(Oc2ccc(Br)cc2CO)c1. The fraction of sp³-hybridized carbons (Fsp3) is 0.188. The molecule has 0 amide bonds. The van der Waals surface area contributed by atoms with Gasteiger partial charge in [-0.2, -0.15) is 0 Å². The van der Waals surface area contributed by atoms with Crippen LogP contribution in [0.1, 0.15) is 11.1 Å². The van der Waals surface area contributed by atoms with Crippen LogP contribution >= 0.6 is 15.9 Å². The monoisotopic (exact) mass is 350 g/mol. The molecule has 0 aliphatic rings. The van der Waals surface area contributed by atoms with Crippen LogP contribution in [0.3, 0.4) is 0 Å². The normalized spacial score (nSPS) is 10.2. The van der Waals surface area contributed by atoms with Gasteiger partial charge in [-0.05, 0) is 35.9 Å². The molecule has 0 spiro atoms. The molecule has 4 nitrogen and oxygen atoms in total. The Hall–Kier alpha value is -1.85. The van der Waals surface area contributed by atoms with E-state index in [0.29, 0.717) is 17.1 Å². The summed E-state index contributed by atoms with van der Waals surface area (Å²) in [7, 11) is 1.36. The number of aliphatic hydroxyl groups is 1. The van der Waals surface area contributed by atoms with Crippen LogP contribution in [-0.2, 0) is 22.6 Å². The average molecular weight is 351 g/mol. The summed E-state index contributed by atoms with van der Waals surface area (Å²) in [5, 5.41) is 9.36. The molecule has 0 atom stereocenters. The lowest BCUT2D eigenvalue weighted by Gasteiger charge is -2.11. The van der Waals surface area contributed by atoms with Crippen molar-refractivity contribution in [3.8, 4) is 11.5 Å². The fourth-order valence-corrected chi connectivity index (χ4v) is 2.26. The van der Waals surface area contributed by atoms with Crippen molar-refractivity contribution in [1.82, 2.24) is 0 Å². The van der Waals surface area contributed by atoms with Gasteiger partial charge in [-0.3, -0.25) is 4.79 Å². The first kappa shape index (κ1) is 15.5. The van der Waals surface area contributed by atoms with Crippen molar-refractivity contribution in [3.63, 3.8) is 0 Å². The zero-order chi connectivity index (χ0) is 15.2. The minimum atomic E-state index is -0.299. The van der Waals surface area contributed by atoms with Crippen molar-refractivity contribution < 1.29 is 19.4 Å². The first-order chi connectivity index (χ1) is 10.1. The molecule has 0 fully saturated rings. The van der Waals surface area contributed by atoms with E-state index in [-0.39, 0.29) is 19.0 Å². The molecule has 0 bridgehead atoms. The number of halogens is 1. The van der Waals surface area contributed by atoms with Crippen LogP contribution in [0.25, 0.3) is 0 Å². The van der Waals surface area contributed by atoms with Crippen LogP contribution in [0.4, 0.5) is 0 Å². The predicted octanol–water partition coefficient (Wildman–Crippen LogP) is 3.45. The second-order valence-electron chi connectivity index (χ2n) is 4.41. The van der Waals surface area contributed by atoms with Crippen molar-refractivity contribution in [1.29, 1.82) is 0 Å². The zero-order valence-corrected chi connectivity index (χ0v) is 13.1. The van der Waals surface area contributed by atoms with E-state index in [1.807, 2.05) is 18.2 Å². The Morgan fingerprint density at radius 2 is 2.05 bits per heavy atom. The number of hydrogen-bond acceptors (Lipinski definition) is 4. The summed E-state index contributed by atoms with van der Waals surface area (Å²) < 4.78 is 11.3. The van der Waals surface area contributed by atoms with Gasteiger partial charge in [-0.25, -0.2) is 0 Å². The molecule has 0 unspecified atom stereocenters. The number of rotatable bonds is 5. The van der Waals surface area contributed by atoms with Gasteiger partial charge in [0.25, 0.3) is 0 Å². The van der Waals surface area contributed by atoms with E-state index < -0.39 is 0 Å². The summed E-state index contributed by atoms with van der Waals surface area (Å²) in [6.45, 7) is -0.114. The number of methoxy groups -OCH3 is 1. The van der Waals surface area contributed by atoms with Crippen LogP contribution in [-0.4, -0.2) is 18.2 Å². The second-order valence-corrected chi connectivity index (χ2v) is 5.33. The third-order valence-corrected chi connectivity index (χ3v) is 3.39. The average Bonchev–Trinajstić information content (AvgIpc) is 2.49. The third kappa shape index (κ3) is 4.31. The van der Waals surface area contributed by atoms with Crippen LogP contribution in [0.2, 0.25) is 0 Å². The Bertz CT molecular complexity index is 640. The number of hydrogen-bond donors (Lipinski definition) is 1. The molecule has 2 aromatic rings. The van der Waals surface area contributed by atoms with E-state index in [1.54, 1.807) is 24.3 Å². The standard InChI is InChI=1S/C16H15BrO4/c1-20-16(19)8-11-3-2-4-14(7-11)21-15-6-5-13(17)9-12(15)10-18/h2-7,9,18H,8,10H2,1H3. The van der Waals surface area contributed by atoms with Crippen molar-refractivity contribution in [2.45, 2.75) is 13.0 Å². The van der Waals surface area contributed by atoms with Gasteiger partial charge in [-0.15, -0.1) is 0 Å². The maximum Gasteiger partial charge on any atom is 0.309 e. The maximum atomic E-state index is 11.3. The summed E-state index contributed by atoms with van der Waals surface area (Å²) in [5.41, 5.74) is 1.49. The highest BCUT2D eigenvalue weighted by atomic mass is 79.9. The van der Waals surface area contributed by atoms with Crippen LogP contribution in [0.15, 0.2) is 46.9 Å². The molecule has 0 radical (unpaired) electrons. The molecule has 2 aromatic carbocycles. The van der Waals surface area contributed by atoms with Crippen LogP contribution in [0, 0.1) is 0 Å². The molecule has 110 valence electrons. The number of benzene rings is 2. The molecule has 21 heavy (non-hydrogen) atoms. The Kier molecular flexibility index (Phi) is 5.36. The molecule has 0 saturated heterocycles. The summed E-state index contributed by atoms with van der Waals surface area (Å²) in [6.07, 6.45) is 0.195. The van der Waals surface area contributed by atoms with Crippen LogP contribution < -0.4 is 4.74 Å². The molecule has 0 heterocycles. The molecule has 5 heteroatoms. The largest absolute Gasteiger partial charge is 0.469 e. The van der Waals surface area contributed by atoms with Crippen molar-refractivity contribution in [2.24, 2.45) is 0 Å². The highest BCUT2D eigenvalue weighted by molar-refractivity contribution is 9.10. The minimum Gasteiger partial charge on any atom is -0.469 e. The molecular formula is C16H15BrO4. The third-order valence-electron chi connectivity index (χ3n) is 2.90. The van der Waals surface area contributed by atoms with E-state index in [0.717, 1.165) is 10.0 Å². The lowest BCUT2D eigenvalue weighted by molar-refractivity contribution is -0.139. The molecule has 1 N–H and O–H groups in total. The summed E-state index contributed by atoms with van der Waals surface area (Å²) in [6, 6.07) is 12.6. The molecule has 0 saturated carbocycles. The van der Waals surface area contributed by atoms with Crippen molar-refractivity contribution in [3.05, 3.63) is 58.1 Å². The zero-order valence-electron chi connectivity index (χ0n) is 11.5. The predicted molar refractivity (Wildman–Crippen MR) is 82.3 cm³/mol. The van der Waals surface area contributed by atoms with Gasteiger partial charge in [0.2, 0.25) is 0 Å². The Labute approximate surface area is 131 Å². The van der Waals surface area contributed by atoms with Crippen molar-refractivity contribution in [2.75, 3.05) is 7.11 Å². The summed E-state index contributed by atoms with van der Waals surface area (Å²) >= 11 is 3.35. The van der Waals surface area contributed by atoms with E-state index >= 15 is 0 Å². The Balaban J connectivity index is 2.20. The first-order valence-corrected chi connectivity index (χ1v) is 7.14. The Morgan fingerprint density at radius 3 is 2.76 bits per heavy atom. The van der Waals surface area contributed by atoms with Gasteiger partial charge < -0.3 is 14.6 Å². The van der Waals surface area contributed by atoms with Crippen LogP contribution in [0.5, 0.6) is 11.5 Å². The minimum absolute atomic E-state index is 0.114. The molecular weight excluding hydrogens is 336 g/mol. The molecule has 0 aliphatic heterocycles. The number of carbonyl (C=O) groups excluding carboxylic acids is 1. The lowest BCUT2D eigenvalue weighted by Crippen LogP contribution is -2.04. The van der Waals surface area contributed by atoms with E-state index in [2.05, 4.69) is 20.7 Å². The molecule has 2 rings (SSSR count). The summed E-state index contributed by atoms with van der Waals surface area (Å²) in [4.78, 5) is 11.3. The number of aliphatic hydroxyl groups excluding tert-OH is 1. The molecule has 0 aliphatic carbocycles. The topological polar surface area (TPSA) is 55.8 Å². The van der Waals surface area contributed by atoms with Crippen molar-refractivity contribution >= 4 is 21.9 Å². The number of ether oxygens (including phenoxy) is 2. The fourth-order valence-electron chi connectivity index (χ4n) is 1.86. The summed E-state index contributed by atoms with van der Waals surface area (Å²) in [5.74, 6) is 0.885.